The third-order valence-electron chi connectivity index (χ3n) is 3.37. The summed E-state index contributed by atoms with van der Waals surface area (Å²) in [6.45, 7) is 2.05. The number of rotatable bonds is 5. The van der Waals surface area contributed by atoms with Crippen molar-refractivity contribution in [3.8, 4) is 11.5 Å². The van der Waals surface area contributed by atoms with E-state index in [0.29, 0.717) is 0 Å². The van der Waals surface area contributed by atoms with Crippen molar-refractivity contribution in [2.24, 2.45) is 5.92 Å². The highest BCUT2D eigenvalue weighted by molar-refractivity contribution is 5.97. The van der Waals surface area contributed by atoms with Gasteiger partial charge < -0.3 is 15.5 Å². The van der Waals surface area contributed by atoms with Gasteiger partial charge in [0, 0.05) is 12.1 Å². The predicted molar refractivity (Wildman–Crippen MR) is 68.7 cm³/mol. The lowest BCUT2D eigenvalue weighted by Gasteiger charge is -2.17. The first-order chi connectivity index (χ1) is 8.60. The fourth-order valence-electron chi connectivity index (χ4n) is 2.06. The molecule has 0 bridgehead atoms. The number of aromatic hydroxyl groups is 2. The fraction of sp³-hybridized carbons (Fsp3) is 0.500. The summed E-state index contributed by atoms with van der Waals surface area (Å²) in [6.07, 6.45) is 4.43. The van der Waals surface area contributed by atoms with Gasteiger partial charge in [0.1, 0.15) is 11.5 Å². The molecule has 1 aromatic rings. The molecular formula is C14H19NO3. The molecule has 4 nitrogen and oxygen atoms in total. The van der Waals surface area contributed by atoms with E-state index < -0.39 is 0 Å². The largest absolute Gasteiger partial charge is 0.508 e. The molecule has 98 valence electrons. The number of hydrogen-bond donors (Lipinski definition) is 3. The van der Waals surface area contributed by atoms with Crippen molar-refractivity contribution >= 4 is 5.91 Å². The van der Waals surface area contributed by atoms with Crippen LogP contribution in [-0.4, -0.2) is 22.2 Å². The SMILES string of the molecule is CCC(CC1CC1)NC(=O)c1ccc(O)cc1O. The summed E-state index contributed by atoms with van der Waals surface area (Å²) in [5.41, 5.74) is 0.210. The van der Waals surface area contributed by atoms with E-state index in [1.54, 1.807) is 0 Å². The van der Waals surface area contributed by atoms with Crippen LogP contribution >= 0.6 is 0 Å². The second kappa shape index (κ2) is 5.29. The zero-order valence-electron chi connectivity index (χ0n) is 10.5. The van der Waals surface area contributed by atoms with Gasteiger partial charge in [-0.15, -0.1) is 0 Å². The van der Waals surface area contributed by atoms with E-state index in [-0.39, 0.29) is 29.0 Å². The van der Waals surface area contributed by atoms with Crippen LogP contribution in [0, 0.1) is 5.92 Å². The number of carbonyl (C=O) groups excluding carboxylic acids is 1. The summed E-state index contributed by atoms with van der Waals surface area (Å²) in [4.78, 5) is 12.0. The summed E-state index contributed by atoms with van der Waals surface area (Å²) in [5, 5.41) is 21.7. The smallest absolute Gasteiger partial charge is 0.255 e. The zero-order valence-corrected chi connectivity index (χ0v) is 10.5. The van der Waals surface area contributed by atoms with Crippen molar-refractivity contribution in [2.75, 3.05) is 0 Å². The third-order valence-corrected chi connectivity index (χ3v) is 3.37. The van der Waals surface area contributed by atoms with Gasteiger partial charge in [0.05, 0.1) is 5.56 Å². The van der Waals surface area contributed by atoms with Gasteiger partial charge in [-0.25, -0.2) is 0 Å². The first-order valence-electron chi connectivity index (χ1n) is 6.43. The molecule has 1 atom stereocenters. The highest BCUT2D eigenvalue weighted by atomic mass is 16.3. The lowest BCUT2D eigenvalue weighted by atomic mass is 10.1. The van der Waals surface area contributed by atoms with E-state index in [9.17, 15) is 15.0 Å². The molecule has 1 unspecified atom stereocenters. The summed E-state index contributed by atoms with van der Waals surface area (Å²) < 4.78 is 0. The first kappa shape index (κ1) is 12.7. The second-order valence-corrected chi connectivity index (χ2v) is 4.96. The van der Waals surface area contributed by atoms with E-state index in [0.717, 1.165) is 18.8 Å². The molecule has 2 rings (SSSR count). The van der Waals surface area contributed by atoms with Crippen LogP contribution in [0.25, 0.3) is 0 Å². The standard InChI is InChI=1S/C14H19NO3/c1-2-10(7-9-3-4-9)15-14(18)12-6-5-11(16)8-13(12)17/h5-6,8-10,16-17H,2-4,7H2,1H3,(H,15,18). The van der Waals surface area contributed by atoms with Crippen molar-refractivity contribution in [1.82, 2.24) is 5.32 Å². The highest BCUT2D eigenvalue weighted by Gasteiger charge is 2.26. The van der Waals surface area contributed by atoms with Crippen LogP contribution in [0.3, 0.4) is 0 Å². The normalized spacial score (nSPS) is 16.3. The lowest BCUT2D eigenvalue weighted by Crippen LogP contribution is -2.34. The molecule has 0 saturated heterocycles. The van der Waals surface area contributed by atoms with Gasteiger partial charge in [-0.2, -0.15) is 0 Å². The zero-order chi connectivity index (χ0) is 13.1. The van der Waals surface area contributed by atoms with Crippen molar-refractivity contribution < 1.29 is 15.0 Å². The Morgan fingerprint density at radius 1 is 1.44 bits per heavy atom. The number of phenols is 2. The molecule has 0 spiro atoms. The summed E-state index contributed by atoms with van der Waals surface area (Å²) in [7, 11) is 0. The monoisotopic (exact) mass is 249 g/mol. The highest BCUT2D eigenvalue weighted by Crippen LogP contribution is 2.34. The molecule has 0 aromatic heterocycles. The van der Waals surface area contributed by atoms with Crippen LogP contribution in [-0.2, 0) is 0 Å². The molecule has 1 fully saturated rings. The van der Waals surface area contributed by atoms with Gasteiger partial charge in [0.15, 0.2) is 0 Å². The fourth-order valence-corrected chi connectivity index (χ4v) is 2.06. The van der Waals surface area contributed by atoms with Crippen LogP contribution < -0.4 is 5.32 Å². The number of carbonyl (C=O) groups is 1. The van der Waals surface area contributed by atoms with Crippen molar-refractivity contribution in [1.29, 1.82) is 0 Å². The number of amides is 1. The minimum atomic E-state index is -0.278. The number of benzene rings is 1. The van der Waals surface area contributed by atoms with Gasteiger partial charge in [-0.3, -0.25) is 4.79 Å². The van der Waals surface area contributed by atoms with Crippen LogP contribution in [0.4, 0.5) is 0 Å². The molecule has 3 N–H and O–H groups in total. The average Bonchev–Trinajstić information content (AvgIpc) is 3.11. The molecule has 1 aliphatic carbocycles. The Morgan fingerprint density at radius 3 is 2.72 bits per heavy atom. The Balaban J connectivity index is 2.00. The Hall–Kier alpha value is -1.71. The molecule has 1 saturated carbocycles. The lowest BCUT2D eigenvalue weighted by molar-refractivity contribution is 0.0930. The maximum atomic E-state index is 12.0. The van der Waals surface area contributed by atoms with E-state index in [2.05, 4.69) is 5.32 Å². The van der Waals surface area contributed by atoms with Gasteiger partial charge in [-0.05, 0) is 30.9 Å². The van der Waals surface area contributed by atoms with E-state index in [1.807, 2.05) is 6.92 Å². The maximum absolute atomic E-state index is 12.0. The Morgan fingerprint density at radius 2 is 2.17 bits per heavy atom. The third kappa shape index (κ3) is 3.15. The number of phenolic OH excluding ortho intramolecular Hbond substituents is 2. The molecule has 0 heterocycles. The molecule has 1 aliphatic rings. The maximum Gasteiger partial charge on any atom is 0.255 e. The molecule has 0 aliphatic heterocycles. The van der Waals surface area contributed by atoms with Crippen molar-refractivity contribution in [3.05, 3.63) is 23.8 Å². The molecule has 1 amide bonds. The molecule has 1 aromatic carbocycles. The van der Waals surface area contributed by atoms with Crippen LogP contribution in [0.1, 0.15) is 43.0 Å². The molecule has 0 radical (unpaired) electrons. The van der Waals surface area contributed by atoms with Crippen LogP contribution in [0.2, 0.25) is 0 Å². The predicted octanol–water partition coefficient (Wildman–Crippen LogP) is 2.41. The van der Waals surface area contributed by atoms with Crippen LogP contribution in [0.15, 0.2) is 18.2 Å². The molecule has 4 heteroatoms. The van der Waals surface area contributed by atoms with Crippen LogP contribution in [0.5, 0.6) is 11.5 Å². The second-order valence-electron chi connectivity index (χ2n) is 4.96. The average molecular weight is 249 g/mol. The molecule has 18 heavy (non-hydrogen) atoms. The Labute approximate surface area is 107 Å². The van der Waals surface area contributed by atoms with Crippen molar-refractivity contribution in [3.63, 3.8) is 0 Å². The summed E-state index contributed by atoms with van der Waals surface area (Å²) in [6, 6.07) is 4.18. The van der Waals surface area contributed by atoms with E-state index in [4.69, 9.17) is 0 Å². The van der Waals surface area contributed by atoms with Crippen molar-refractivity contribution in [2.45, 2.75) is 38.6 Å². The van der Waals surface area contributed by atoms with Gasteiger partial charge in [0.2, 0.25) is 0 Å². The van der Waals surface area contributed by atoms with E-state index in [1.165, 1.54) is 31.0 Å². The van der Waals surface area contributed by atoms with Gasteiger partial charge >= 0.3 is 0 Å². The van der Waals surface area contributed by atoms with E-state index >= 15 is 0 Å². The topological polar surface area (TPSA) is 69.6 Å². The number of hydrogen-bond acceptors (Lipinski definition) is 3. The summed E-state index contributed by atoms with van der Waals surface area (Å²) in [5.74, 6) is 0.242. The summed E-state index contributed by atoms with van der Waals surface area (Å²) >= 11 is 0. The first-order valence-corrected chi connectivity index (χ1v) is 6.43. The Bertz CT molecular complexity index is 441. The number of nitrogens with one attached hydrogen (secondary N) is 1. The molecular weight excluding hydrogens is 230 g/mol. The Kier molecular flexibility index (Phi) is 3.75. The van der Waals surface area contributed by atoms with Gasteiger partial charge in [-0.1, -0.05) is 19.8 Å². The minimum Gasteiger partial charge on any atom is -0.508 e. The van der Waals surface area contributed by atoms with Gasteiger partial charge in [0.25, 0.3) is 5.91 Å². The minimum absolute atomic E-state index is 0.0472. The quantitative estimate of drug-likeness (QED) is 0.750.